The molecule has 1 aromatic heterocycles. The van der Waals surface area contributed by atoms with Gasteiger partial charge in [-0.05, 0) is 55.3 Å². The molecule has 0 unspecified atom stereocenters. The van der Waals surface area contributed by atoms with Gasteiger partial charge >= 0.3 is 6.03 Å². The fourth-order valence-corrected chi connectivity index (χ4v) is 3.99. The third-order valence-electron chi connectivity index (χ3n) is 5.00. The Labute approximate surface area is 172 Å². The Balaban J connectivity index is 1.38. The number of hydrogen-bond acceptors (Lipinski definition) is 1. The topological polar surface area (TPSA) is 48.1 Å². The third-order valence-corrected chi connectivity index (χ3v) is 5.97. The molecule has 0 atom stereocenters. The lowest BCUT2D eigenvalue weighted by molar-refractivity contribution is 0.194. The molecule has 27 heavy (non-hydrogen) atoms. The zero-order chi connectivity index (χ0) is 19.0. The summed E-state index contributed by atoms with van der Waals surface area (Å²) in [5.74, 6) is 0.408. The summed E-state index contributed by atoms with van der Waals surface area (Å²) in [6.45, 7) is 1.40. The number of anilines is 1. The summed E-state index contributed by atoms with van der Waals surface area (Å²) in [6.07, 6.45) is 1.82. The van der Waals surface area contributed by atoms with Gasteiger partial charge in [-0.3, -0.25) is 0 Å². The summed E-state index contributed by atoms with van der Waals surface area (Å²) in [6, 6.07) is 13.0. The van der Waals surface area contributed by atoms with Crippen LogP contribution in [0.15, 0.2) is 42.5 Å². The van der Waals surface area contributed by atoms with Crippen LogP contribution in [0.5, 0.6) is 0 Å². The van der Waals surface area contributed by atoms with Crippen LogP contribution in [0.4, 0.5) is 10.5 Å². The summed E-state index contributed by atoms with van der Waals surface area (Å²) in [5, 5.41) is 5.63. The maximum atomic E-state index is 12.5. The molecule has 2 aromatic carbocycles. The highest BCUT2D eigenvalue weighted by Crippen LogP contribution is 2.31. The second-order valence-corrected chi connectivity index (χ2v) is 8.03. The summed E-state index contributed by atoms with van der Waals surface area (Å²) in [7, 11) is 0. The van der Waals surface area contributed by atoms with E-state index in [0.717, 1.165) is 28.8 Å². The molecule has 7 heteroatoms. The highest BCUT2D eigenvalue weighted by molar-refractivity contribution is 6.42. The number of rotatable bonds is 2. The molecule has 0 radical (unpaired) electrons. The van der Waals surface area contributed by atoms with Crippen molar-refractivity contribution < 1.29 is 4.79 Å². The Kier molecular flexibility index (Phi) is 5.22. The molecule has 3 aromatic rings. The quantitative estimate of drug-likeness (QED) is 0.484. The number of urea groups is 1. The lowest BCUT2D eigenvalue weighted by Gasteiger charge is -2.31. The van der Waals surface area contributed by atoms with E-state index >= 15 is 0 Å². The molecular formula is C20H18Cl3N3O. The summed E-state index contributed by atoms with van der Waals surface area (Å²) in [5.41, 5.74) is 2.94. The first-order valence-electron chi connectivity index (χ1n) is 8.79. The molecule has 1 saturated heterocycles. The van der Waals surface area contributed by atoms with Gasteiger partial charge in [-0.2, -0.15) is 0 Å². The van der Waals surface area contributed by atoms with Gasteiger partial charge < -0.3 is 15.2 Å². The van der Waals surface area contributed by atoms with Crippen LogP contribution in [0.1, 0.15) is 24.5 Å². The van der Waals surface area contributed by atoms with Crippen LogP contribution >= 0.6 is 34.8 Å². The number of H-pyrrole nitrogens is 1. The number of aromatic amines is 1. The Bertz CT molecular complexity index is 993. The lowest BCUT2D eigenvalue weighted by atomic mass is 9.94. The normalized spacial score (nSPS) is 15.3. The Morgan fingerprint density at radius 2 is 1.78 bits per heavy atom. The third kappa shape index (κ3) is 4.03. The number of piperidine rings is 1. The fraction of sp³-hybridized carbons (Fsp3) is 0.250. The molecular weight excluding hydrogens is 405 g/mol. The van der Waals surface area contributed by atoms with Crippen LogP contribution in [0, 0.1) is 0 Å². The maximum absolute atomic E-state index is 12.5. The summed E-state index contributed by atoms with van der Waals surface area (Å²) in [4.78, 5) is 17.8. The van der Waals surface area contributed by atoms with Crippen molar-refractivity contribution in [1.29, 1.82) is 0 Å². The van der Waals surface area contributed by atoms with Crippen LogP contribution in [0.2, 0.25) is 15.1 Å². The lowest BCUT2D eigenvalue weighted by Crippen LogP contribution is -2.40. The smallest absolute Gasteiger partial charge is 0.321 e. The molecule has 0 bridgehead atoms. The predicted molar refractivity (Wildman–Crippen MR) is 112 cm³/mol. The molecule has 2 amide bonds. The second kappa shape index (κ2) is 7.63. The monoisotopic (exact) mass is 421 g/mol. The van der Waals surface area contributed by atoms with E-state index in [1.54, 1.807) is 18.2 Å². The van der Waals surface area contributed by atoms with Crippen LogP contribution in [-0.2, 0) is 0 Å². The minimum absolute atomic E-state index is 0.115. The van der Waals surface area contributed by atoms with Gasteiger partial charge in [0.25, 0.3) is 0 Å². The summed E-state index contributed by atoms with van der Waals surface area (Å²) < 4.78 is 0. The van der Waals surface area contributed by atoms with Gasteiger partial charge in [-0.1, -0.05) is 34.8 Å². The number of nitrogens with zero attached hydrogens (tertiary/aromatic N) is 1. The number of carbonyl (C=O) groups is 1. The largest absolute Gasteiger partial charge is 0.358 e. The molecule has 1 aliphatic rings. The highest BCUT2D eigenvalue weighted by Gasteiger charge is 2.25. The molecule has 140 valence electrons. The molecule has 4 rings (SSSR count). The number of nitrogens with one attached hydrogen (secondary N) is 2. The first-order chi connectivity index (χ1) is 13.0. The van der Waals surface area contributed by atoms with Gasteiger partial charge in [0, 0.05) is 46.3 Å². The molecule has 0 spiro atoms. The van der Waals surface area contributed by atoms with Gasteiger partial charge in [0.15, 0.2) is 0 Å². The van der Waals surface area contributed by atoms with Gasteiger partial charge in [0.05, 0.1) is 10.0 Å². The van der Waals surface area contributed by atoms with E-state index in [2.05, 4.69) is 16.4 Å². The number of aromatic nitrogens is 1. The van der Waals surface area contributed by atoms with Gasteiger partial charge in [-0.15, -0.1) is 0 Å². The molecule has 0 aliphatic carbocycles. The number of benzene rings is 2. The van der Waals surface area contributed by atoms with Crippen molar-refractivity contribution in [3.8, 4) is 0 Å². The van der Waals surface area contributed by atoms with E-state index in [4.69, 9.17) is 34.8 Å². The number of fused-ring (bicyclic) bond motifs is 1. The fourth-order valence-electron chi connectivity index (χ4n) is 3.52. The maximum Gasteiger partial charge on any atom is 0.321 e. The minimum Gasteiger partial charge on any atom is -0.358 e. The Morgan fingerprint density at radius 3 is 2.52 bits per heavy atom. The van der Waals surface area contributed by atoms with E-state index in [1.165, 1.54) is 5.69 Å². The molecule has 1 fully saturated rings. The molecule has 2 heterocycles. The molecule has 0 saturated carbocycles. The van der Waals surface area contributed by atoms with Crippen LogP contribution in [0.3, 0.4) is 0 Å². The van der Waals surface area contributed by atoms with Gasteiger partial charge in [-0.25, -0.2) is 4.79 Å². The van der Waals surface area contributed by atoms with Crippen molar-refractivity contribution in [2.24, 2.45) is 0 Å². The van der Waals surface area contributed by atoms with E-state index in [0.29, 0.717) is 34.7 Å². The van der Waals surface area contributed by atoms with Crippen molar-refractivity contribution >= 4 is 57.4 Å². The van der Waals surface area contributed by atoms with E-state index < -0.39 is 0 Å². The van der Waals surface area contributed by atoms with Crippen LogP contribution in [0.25, 0.3) is 10.9 Å². The zero-order valence-electron chi connectivity index (χ0n) is 14.4. The average molecular weight is 423 g/mol. The van der Waals surface area contributed by atoms with E-state index in [1.807, 2.05) is 23.1 Å². The number of likely N-dealkylation sites (tertiary alicyclic amines) is 1. The number of halogens is 3. The van der Waals surface area contributed by atoms with Crippen LogP contribution < -0.4 is 5.32 Å². The van der Waals surface area contributed by atoms with Gasteiger partial charge in [0.2, 0.25) is 0 Å². The number of hydrogen-bond donors (Lipinski definition) is 2. The number of carbonyl (C=O) groups excluding carboxylic acids is 1. The van der Waals surface area contributed by atoms with Crippen molar-refractivity contribution in [3.63, 3.8) is 0 Å². The average Bonchev–Trinajstić information content (AvgIpc) is 3.08. The number of amides is 2. The zero-order valence-corrected chi connectivity index (χ0v) is 16.7. The Hall–Kier alpha value is -1.88. The standard InChI is InChI=1S/C20H18Cl3N3O/c21-14-1-4-18-13(9-14)10-19(25-18)12-5-7-26(8-6-12)20(27)24-15-2-3-16(22)17(23)11-15/h1-4,9-12,25H,5-8H2,(H,24,27). The van der Waals surface area contributed by atoms with Crippen molar-refractivity contribution in [2.75, 3.05) is 18.4 Å². The predicted octanol–water partition coefficient (Wildman–Crippen LogP) is 6.54. The molecule has 4 nitrogen and oxygen atoms in total. The molecule has 2 N–H and O–H groups in total. The highest BCUT2D eigenvalue weighted by atomic mass is 35.5. The van der Waals surface area contributed by atoms with E-state index in [9.17, 15) is 4.79 Å². The van der Waals surface area contributed by atoms with E-state index in [-0.39, 0.29) is 6.03 Å². The molecule has 1 aliphatic heterocycles. The second-order valence-electron chi connectivity index (χ2n) is 6.78. The summed E-state index contributed by atoms with van der Waals surface area (Å²) >= 11 is 18.0. The Morgan fingerprint density at radius 1 is 1.00 bits per heavy atom. The first-order valence-corrected chi connectivity index (χ1v) is 9.92. The van der Waals surface area contributed by atoms with Crippen LogP contribution in [-0.4, -0.2) is 29.0 Å². The van der Waals surface area contributed by atoms with Crippen molar-refractivity contribution in [3.05, 3.63) is 63.2 Å². The SMILES string of the molecule is O=C(Nc1ccc(Cl)c(Cl)c1)N1CCC(c2cc3cc(Cl)ccc3[nH]2)CC1. The van der Waals surface area contributed by atoms with Gasteiger partial charge in [0.1, 0.15) is 0 Å². The first kappa shape index (κ1) is 18.5. The van der Waals surface area contributed by atoms with Crippen molar-refractivity contribution in [2.45, 2.75) is 18.8 Å². The minimum atomic E-state index is -0.115. The van der Waals surface area contributed by atoms with Crippen molar-refractivity contribution in [1.82, 2.24) is 9.88 Å².